The highest BCUT2D eigenvalue weighted by Gasteiger charge is 2.16. The molecule has 0 heterocycles. The molecule has 0 saturated carbocycles. The van der Waals surface area contributed by atoms with E-state index >= 15 is 0 Å². The van der Waals surface area contributed by atoms with Gasteiger partial charge in [0.25, 0.3) is 0 Å². The first-order chi connectivity index (χ1) is 8.99. The molecule has 5 heteroatoms. The van der Waals surface area contributed by atoms with E-state index in [1.54, 1.807) is 0 Å². The Morgan fingerprint density at radius 2 is 1.68 bits per heavy atom. The van der Waals surface area contributed by atoms with Gasteiger partial charge in [0.2, 0.25) is 0 Å². The number of benzene rings is 2. The molecule has 2 aromatic rings. The lowest BCUT2D eigenvalue weighted by molar-refractivity contribution is 0.539. The lowest BCUT2D eigenvalue weighted by Crippen LogP contribution is -2.15. The molecule has 0 spiro atoms. The van der Waals surface area contributed by atoms with Crippen molar-refractivity contribution in [3.05, 3.63) is 68.1 Å². The summed E-state index contributed by atoms with van der Waals surface area (Å²) in [6.45, 7) is 0. The maximum absolute atomic E-state index is 13.6. The van der Waals surface area contributed by atoms with Crippen LogP contribution in [0, 0.1) is 11.6 Å². The van der Waals surface area contributed by atoms with Gasteiger partial charge < -0.3 is 5.73 Å². The number of rotatable bonds is 3. The minimum atomic E-state index is -0.566. The third-order valence-corrected chi connectivity index (χ3v) is 4.03. The van der Waals surface area contributed by atoms with Crippen LogP contribution in [0.5, 0.6) is 0 Å². The molecule has 19 heavy (non-hydrogen) atoms. The largest absolute Gasteiger partial charge is 0.324 e. The second kappa shape index (κ2) is 6.11. The monoisotopic (exact) mass is 389 g/mol. The summed E-state index contributed by atoms with van der Waals surface area (Å²) >= 11 is 6.75. The number of halogens is 4. The minimum Gasteiger partial charge on any atom is -0.324 e. The fourth-order valence-electron chi connectivity index (χ4n) is 1.86. The van der Waals surface area contributed by atoms with Crippen LogP contribution >= 0.6 is 31.9 Å². The summed E-state index contributed by atoms with van der Waals surface area (Å²) in [5.74, 6) is -1.13. The predicted octanol–water partition coefficient (Wildman–Crippen LogP) is 4.73. The van der Waals surface area contributed by atoms with Crippen LogP contribution < -0.4 is 5.73 Å². The average molecular weight is 391 g/mol. The Morgan fingerprint density at radius 3 is 2.26 bits per heavy atom. The average Bonchev–Trinajstić information content (AvgIpc) is 2.33. The van der Waals surface area contributed by atoms with Crippen LogP contribution in [0.1, 0.15) is 17.2 Å². The minimum absolute atomic E-state index is 0.0184. The molecule has 1 nitrogen and oxygen atoms in total. The van der Waals surface area contributed by atoms with Crippen molar-refractivity contribution in [2.45, 2.75) is 12.5 Å². The van der Waals surface area contributed by atoms with E-state index in [-0.39, 0.29) is 12.0 Å². The van der Waals surface area contributed by atoms with Gasteiger partial charge >= 0.3 is 0 Å². The van der Waals surface area contributed by atoms with E-state index in [1.807, 2.05) is 18.2 Å². The van der Waals surface area contributed by atoms with Gasteiger partial charge in [-0.25, -0.2) is 8.78 Å². The van der Waals surface area contributed by atoms with Crippen LogP contribution in [0.4, 0.5) is 8.78 Å². The highest BCUT2D eigenvalue weighted by molar-refractivity contribution is 9.11. The normalized spacial score (nSPS) is 12.5. The summed E-state index contributed by atoms with van der Waals surface area (Å²) in [4.78, 5) is 0. The summed E-state index contributed by atoms with van der Waals surface area (Å²) in [5.41, 5.74) is 6.87. The van der Waals surface area contributed by atoms with Gasteiger partial charge in [-0.05, 0) is 36.2 Å². The molecule has 0 aliphatic carbocycles. The summed E-state index contributed by atoms with van der Waals surface area (Å²) in [7, 11) is 0. The molecule has 2 aromatic carbocycles. The third kappa shape index (κ3) is 3.41. The topological polar surface area (TPSA) is 26.0 Å². The van der Waals surface area contributed by atoms with E-state index in [0.717, 1.165) is 14.5 Å². The summed E-state index contributed by atoms with van der Waals surface area (Å²) in [6.07, 6.45) is 0.110. The van der Waals surface area contributed by atoms with Crippen molar-refractivity contribution in [3.63, 3.8) is 0 Å². The van der Waals surface area contributed by atoms with Crippen molar-refractivity contribution < 1.29 is 8.78 Å². The van der Waals surface area contributed by atoms with Gasteiger partial charge in [0.15, 0.2) is 0 Å². The van der Waals surface area contributed by atoms with Crippen molar-refractivity contribution in [1.82, 2.24) is 0 Å². The maximum atomic E-state index is 13.6. The smallest absolute Gasteiger partial charge is 0.129 e. The molecule has 2 rings (SSSR count). The summed E-state index contributed by atoms with van der Waals surface area (Å²) < 4.78 is 28.9. The Bertz CT molecular complexity index is 582. The lowest BCUT2D eigenvalue weighted by atomic mass is 9.99. The first-order valence-corrected chi connectivity index (χ1v) is 7.21. The van der Waals surface area contributed by atoms with Gasteiger partial charge in [-0.2, -0.15) is 0 Å². The van der Waals surface area contributed by atoms with Gasteiger partial charge in [0.05, 0.1) is 0 Å². The molecule has 0 bridgehead atoms. The maximum Gasteiger partial charge on any atom is 0.129 e. The van der Waals surface area contributed by atoms with Crippen molar-refractivity contribution in [1.29, 1.82) is 0 Å². The second-order valence-electron chi connectivity index (χ2n) is 4.18. The van der Waals surface area contributed by atoms with Crippen LogP contribution in [0.3, 0.4) is 0 Å². The molecule has 0 fully saturated rings. The quantitative estimate of drug-likeness (QED) is 0.805. The van der Waals surface area contributed by atoms with Gasteiger partial charge in [0, 0.05) is 20.6 Å². The molecule has 0 amide bonds. The zero-order chi connectivity index (χ0) is 14.0. The fourth-order valence-corrected chi connectivity index (χ4v) is 3.20. The molecule has 0 aliphatic heterocycles. The van der Waals surface area contributed by atoms with Crippen LogP contribution in [0.2, 0.25) is 0 Å². The van der Waals surface area contributed by atoms with Gasteiger partial charge in [-0.1, -0.05) is 44.0 Å². The van der Waals surface area contributed by atoms with Gasteiger partial charge in [-0.15, -0.1) is 0 Å². The molecular formula is C14H11Br2F2N. The van der Waals surface area contributed by atoms with Crippen molar-refractivity contribution in [2.24, 2.45) is 5.73 Å². The van der Waals surface area contributed by atoms with E-state index in [4.69, 9.17) is 5.73 Å². The zero-order valence-electron chi connectivity index (χ0n) is 9.84. The molecule has 1 atom stereocenters. The predicted molar refractivity (Wildman–Crippen MR) is 78.8 cm³/mol. The highest BCUT2D eigenvalue weighted by Crippen LogP contribution is 2.28. The lowest BCUT2D eigenvalue weighted by Gasteiger charge is -2.15. The SMILES string of the molecule is NC(Cc1c(F)cccc1F)c1ccc(Br)cc1Br. The molecule has 0 aliphatic rings. The number of nitrogens with two attached hydrogens (primary N) is 1. The molecule has 0 saturated heterocycles. The summed E-state index contributed by atoms with van der Waals surface area (Å²) in [5, 5.41) is 0. The van der Waals surface area contributed by atoms with E-state index in [2.05, 4.69) is 31.9 Å². The Hall–Kier alpha value is -0.780. The molecule has 0 aromatic heterocycles. The number of hydrogen-bond donors (Lipinski definition) is 1. The highest BCUT2D eigenvalue weighted by atomic mass is 79.9. The molecular weight excluding hydrogens is 380 g/mol. The Kier molecular flexibility index (Phi) is 4.71. The Balaban J connectivity index is 2.28. The number of hydrogen-bond acceptors (Lipinski definition) is 1. The van der Waals surface area contributed by atoms with E-state index in [0.29, 0.717) is 0 Å². The zero-order valence-corrected chi connectivity index (χ0v) is 13.0. The first-order valence-electron chi connectivity index (χ1n) is 5.62. The van der Waals surface area contributed by atoms with Crippen molar-refractivity contribution in [2.75, 3.05) is 0 Å². The second-order valence-corrected chi connectivity index (χ2v) is 5.95. The molecule has 0 radical (unpaired) electrons. The van der Waals surface area contributed by atoms with Gasteiger partial charge in [0.1, 0.15) is 11.6 Å². The van der Waals surface area contributed by atoms with E-state index < -0.39 is 17.7 Å². The van der Waals surface area contributed by atoms with Crippen LogP contribution in [0.15, 0.2) is 45.3 Å². The molecule has 2 N–H and O–H groups in total. The van der Waals surface area contributed by atoms with Crippen molar-refractivity contribution in [3.8, 4) is 0 Å². The van der Waals surface area contributed by atoms with Crippen LogP contribution in [-0.2, 0) is 6.42 Å². The van der Waals surface area contributed by atoms with Crippen molar-refractivity contribution >= 4 is 31.9 Å². The van der Waals surface area contributed by atoms with E-state index in [9.17, 15) is 8.78 Å². The first kappa shape index (κ1) is 14.6. The molecule has 1 unspecified atom stereocenters. The van der Waals surface area contributed by atoms with Crippen LogP contribution in [-0.4, -0.2) is 0 Å². The standard InChI is InChI=1S/C14H11Br2F2N/c15-8-4-5-9(11(16)6-8)14(19)7-10-12(17)2-1-3-13(10)18/h1-6,14H,7,19H2. The Morgan fingerprint density at radius 1 is 1.05 bits per heavy atom. The van der Waals surface area contributed by atoms with Crippen LogP contribution in [0.25, 0.3) is 0 Å². The third-order valence-electron chi connectivity index (χ3n) is 2.85. The summed E-state index contributed by atoms with van der Waals surface area (Å²) in [6, 6.07) is 8.87. The Labute approximate surface area is 127 Å². The fraction of sp³-hybridized carbons (Fsp3) is 0.143. The van der Waals surface area contributed by atoms with E-state index in [1.165, 1.54) is 18.2 Å². The molecule has 100 valence electrons. The van der Waals surface area contributed by atoms with Gasteiger partial charge in [-0.3, -0.25) is 0 Å².